The summed E-state index contributed by atoms with van der Waals surface area (Å²) in [6.07, 6.45) is 5.52. The molecule has 0 aromatic carbocycles. The quantitative estimate of drug-likeness (QED) is 0.712. The third-order valence-electron chi connectivity index (χ3n) is 6.73. The summed E-state index contributed by atoms with van der Waals surface area (Å²) in [5, 5.41) is 7.18. The average Bonchev–Trinajstić information content (AvgIpc) is 3.42. The van der Waals surface area contributed by atoms with Crippen molar-refractivity contribution in [1.82, 2.24) is 25.3 Å². The van der Waals surface area contributed by atoms with E-state index in [1.807, 2.05) is 37.1 Å². The van der Waals surface area contributed by atoms with Gasteiger partial charge in [-0.1, -0.05) is 11.2 Å². The minimum Gasteiger partial charge on any atom is -0.361 e. The van der Waals surface area contributed by atoms with Gasteiger partial charge in [0.15, 0.2) is 0 Å². The molecule has 32 heavy (non-hydrogen) atoms. The van der Waals surface area contributed by atoms with Crippen LogP contribution in [-0.2, 0) is 22.6 Å². The second kappa shape index (κ2) is 10.3. The van der Waals surface area contributed by atoms with Gasteiger partial charge in [0.1, 0.15) is 5.76 Å². The van der Waals surface area contributed by atoms with Gasteiger partial charge >= 0.3 is 0 Å². The molecule has 0 spiro atoms. The molecule has 172 valence electrons. The molecule has 8 nitrogen and oxygen atoms in total. The molecule has 2 aliphatic heterocycles. The Morgan fingerprint density at radius 3 is 2.66 bits per heavy atom. The van der Waals surface area contributed by atoms with Crippen LogP contribution in [0.3, 0.4) is 0 Å². The molecular weight excluding hydrogens is 406 g/mol. The number of rotatable bonds is 7. The summed E-state index contributed by atoms with van der Waals surface area (Å²) in [6, 6.07) is 6.21. The summed E-state index contributed by atoms with van der Waals surface area (Å²) in [6.45, 7) is 7.71. The molecule has 1 N–H and O–H groups in total. The van der Waals surface area contributed by atoms with Gasteiger partial charge in [0.05, 0.1) is 17.3 Å². The molecule has 8 heteroatoms. The number of amides is 2. The van der Waals surface area contributed by atoms with Crippen LogP contribution < -0.4 is 5.32 Å². The Bertz CT molecular complexity index is 901. The fourth-order valence-electron chi connectivity index (χ4n) is 4.72. The standard InChI is InChI=1S/C24H33N5O3/c1-17-22(18(2)32-27-17)6-7-23(30)29-14-8-19(15-29)24(31)26-20-9-12-28(13-10-20)16-21-5-3-4-11-25-21/h3-5,11,19-20H,6-10,12-16H2,1-2H3,(H,26,31). The number of hydrogen-bond donors (Lipinski definition) is 1. The van der Waals surface area contributed by atoms with Crippen LogP contribution in [0.5, 0.6) is 0 Å². The lowest BCUT2D eigenvalue weighted by Gasteiger charge is -2.32. The number of aromatic nitrogens is 2. The normalized spacial score (nSPS) is 19.9. The van der Waals surface area contributed by atoms with Gasteiger partial charge in [-0.05, 0) is 51.7 Å². The molecule has 2 amide bonds. The first kappa shape index (κ1) is 22.5. The van der Waals surface area contributed by atoms with Crippen LogP contribution in [0.2, 0.25) is 0 Å². The third kappa shape index (κ3) is 5.54. The van der Waals surface area contributed by atoms with Crippen LogP contribution in [0.15, 0.2) is 28.9 Å². The van der Waals surface area contributed by atoms with Gasteiger partial charge in [0.2, 0.25) is 11.8 Å². The fourth-order valence-corrected chi connectivity index (χ4v) is 4.72. The van der Waals surface area contributed by atoms with Crippen LogP contribution >= 0.6 is 0 Å². The first-order chi connectivity index (χ1) is 15.5. The lowest BCUT2D eigenvalue weighted by atomic mass is 10.0. The molecule has 2 saturated heterocycles. The number of nitrogens with zero attached hydrogens (tertiary/aromatic N) is 4. The summed E-state index contributed by atoms with van der Waals surface area (Å²) < 4.78 is 5.18. The maximum absolute atomic E-state index is 12.8. The Hall–Kier alpha value is -2.74. The van der Waals surface area contributed by atoms with E-state index in [0.717, 1.165) is 61.6 Å². The Labute approximate surface area is 189 Å². The van der Waals surface area contributed by atoms with Gasteiger partial charge in [-0.15, -0.1) is 0 Å². The third-order valence-corrected chi connectivity index (χ3v) is 6.73. The minimum atomic E-state index is -0.107. The molecular formula is C24H33N5O3. The van der Waals surface area contributed by atoms with E-state index in [0.29, 0.717) is 25.9 Å². The minimum absolute atomic E-state index is 0.0919. The fraction of sp³-hybridized carbons (Fsp3) is 0.583. The molecule has 4 heterocycles. The maximum atomic E-state index is 12.8. The lowest BCUT2D eigenvalue weighted by Crippen LogP contribution is -2.46. The van der Waals surface area contributed by atoms with Crippen molar-refractivity contribution in [2.24, 2.45) is 5.92 Å². The van der Waals surface area contributed by atoms with Gasteiger partial charge in [0, 0.05) is 56.9 Å². The van der Waals surface area contributed by atoms with Crippen molar-refractivity contribution in [3.05, 3.63) is 47.1 Å². The highest BCUT2D eigenvalue weighted by Crippen LogP contribution is 2.21. The zero-order valence-corrected chi connectivity index (χ0v) is 19.0. The predicted molar refractivity (Wildman–Crippen MR) is 120 cm³/mol. The van der Waals surface area contributed by atoms with E-state index in [-0.39, 0.29) is 23.8 Å². The second-order valence-electron chi connectivity index (χ2n) is 9.01. The van der Waals surface area contributed by atoms with Gasteiger partial charge in [0.25, 0.3) is 0 Å². The first-order valence-corrected chi connectivity index (χ1v) is 11.6. The molecule has 0 saturated carbocycles. The molecule has 2 aromatic rings. The number of carbonyl (C=O) groups is 2. The SMILES string of the molecule is Cc1noc(C)c1CCC(=O)N1CCC(C(=O)NC2CCN(Cc3ccccn3)CC2)C1. The summed E-state index contributed by atoms with van der Waals surface area (Å²) in [7, 11) is 0. The Kier molecular flexibility index (Phi) is 7.19. The zero-order valence-electron chi connectivity index (χ0n) is 19.0. The van der Waals surface area contributed by atoms with Gasteiger partial charge in [-0.2, -0.15) is 0 Å². The highest BCUT2D eigenvalue weighted by molar-refractivity contribution is 5.82. The second-order valence-corrected chi connectivity index (χ2v) is 9.01. The van der Waals surface area contributed by atoms with E-state index in [9.17, 15) is 9.59 Å². The summed E-state index contributed by atoms with van der Waals surface area (Å²) in [5.41, 5.74) is 2.95. The predicted octanol–water partition coefficient (Wildman–Crippen LogP) is 2.25. The molecule has 2 fully saturated rings. The number of nitrogens with one attached hydrogen (secondary N) is 1. The van der Waals surface area contributed by atoms with E-state index in [2.05, 4.69) is 26.4 Å². The Morgan fingerprint density at radius 2 is 1.97 bits per heavy atom. The maximum Gasteiger partial charge on any atom is 0.225 e. The molecule has 2 aromatic heterocycles. The summed E-state index contributed by atoms with van der Waals surface area (Å²) >= 11 is 0. The van der Waals surface area contributed by atoms with E-state index < -0.39 is 0 Å². The largest absolute Gasteiger partial charge is 0.361 e. The van der Waals surface area contributed by atoms with Crippen molar-refractivity contribution < 1.29 is 14.1 Å². The van der Waals surface area contributed by atoms with Crippen molar-refractivity contribution in [2.75, 3.05) is 26.2 Å². The number of hydrogen-bond acceptors (Lipinski definition) is 6. The Balaban J connectivity index is 1.18. The molecule has 4 rings (SSSR count). The van der Waals surface area contributed by atoms with Gasteiger partial charge in [-0.25, -0.2) is 0 Å². The number of likely N-dealkylation sites (tertiary alicyclic amines) is 2. The summed E-state index contributed by atoms with van der Waals surface area (Å²) in [4.78, 5) is 34.1. The zero-order chi connectivity index (χ0) is 22.5. The van der Waals surface area contributed by atoms with Gasteiger partial charge < -0.3 is 14.7 Å². The number of carbonyl (C=O) groups excluding carboxylic acids is 2. The lowest BCUT2D eigenvalue weighted by molar-refractivity contribution is -0.130. The van der Waals surface area contributed by atoms with Gasteiger partial charge in [-0.3, -0.25) is 19.5 Å². The van der Waals surface area contributed by atoms with Crippen molar-refractivity contribution in [3.8, 4) is 0 Å². The summed E-state index contributed by atoms with van der Waals surface area (Å²) in [5.74, 6) is 0.863. The number of pyridine rings is 1. The monoisotopic (exact) mass is 439 g/mol. The van der Waals surface area contributed by atoms with Crippen LogP contribution in [0, 0.1) is 19.8 Å². The van der Waals surface area contributed by atoms with Crippen molar-refractivity contribution in [3.63, 3.8) is 0 Å². The molecule has 0 bridgehead atoms. The van der Waals surface area contributed by atoms with E-state index in [1.54, 1.807) is 0 Å². The number of piperidine rings is 1. The van der Waals surface area contributed by atoms with Crippen molar-refractivity contribution in [2.45, 2.75) is 58.5 Å². The van der Waals surface area contributed by atoms with Crippen molar-refractivity contribution >= 4 is 11.8 Å². The highest BCUT2D eigenvalue weighted by atomic mass is 16.5. The van der Waals surface area contributed by atoms with E-state index >= 15 is 0 Å². The Morgan fingerprint density at radius 1 is 1.16 bits per heavy atom. The average molecular weight is 440 g/mol. The van der Waals surface area contributed by atoms with Crippen molar-refractivity contribution in [1.29, 1.82) is 0 Å². The topological polar surface area (TPSA) is 91.6 Å². The van der Waals surface area contributed by atoms with E-state index in [1.165, 1.54) is 0 Å². The first-order valence-electron chi connectivity index (χ1n) is 11.6. The van der Waals surface area contributed by atoms with Crippen LogP contribution in [0.1, 0.15) is 48.4 Å². The van der Waals surface area contributed by atoms with Crippen LogP contribution in [-0.4, -0.2) is 64.0 Å². The number of aryl methyl sites for hydroxylation is 2. The molecule has 2 aliphatic rings. The molecule has 0 radical (unpaired) electrons. The van der Waals surface area contributed by atoms with E-state index in [4.69, 9.17) is 4.52 Å². The molecule has 1 unspecified atom stereocenters. The van der Waals surface area contributed by atoms with Crippen LogP contribution in [0.4, 0.5) is 0 Å². The highest BCUT2D eigenvalue weighted by Gasteiger charge is 2.32. The molecule has 0 aliphatic carbocycles. The smallest absolute Gasteiger partial charge is 0.225 e. The molecule has 1 atom stereocenters. The van der Waals surface area contributed by atoms with Crippen LogP contribution in [0.25, 0.3) is 0 Å².